The van der Waals surface area contributed by atoms with Crippen molar-refractivity contribution in [1.82, 2.24) is 4.90 Å². The van der Waals surface area contributed by atoms with Crippen LogP contribution in [0.25, 0.3) is 0 Å². The van der Waals surface area contributed by atoms with E-state index in [0.29, 0.717) is 19.5 Å². The summed E-state index contributed by atoms with van der Waals surface area (Å²) in [7, 11) is 3.48. The average Bonchev–Trinajstić information content (AvgIpc) is 2.42. The summed E-state index contributed by atoms with van der Waals surface area (Å²) < 4.78 is 6.33. The van der Waals surface area contributed by atoms with Crippen LogP contribution >= 0.6 is 15.9 Å². The van der Waals surface area contributed by atoms with Gasteiger partial charge in [-0.25, -0.2) is 0 Å². The third-order valence-electron chi connectivity index (χ3n) is 2.98. The van der Waals surface area contributed by atoms with E-state index in [2.05, 4.69) is 15.9 Å². The molecule has 106 valence electrons. The molecule has 0 aliphatic carbocycles. The molecule has 1 rings (SSSR count). The van der Waals surface area contributed by atoms with Crippen molar-refractivity contribution in [3.63, 3.8) is 0 Å². The second-order valence-electron chi connectivity index (χ2n) is 4.41. The Morgan fingerprint density at radius 2 is 2.21 bits per heavy atom. The third kappa shape index (κ3) is 5.20. The van der Waals surface area contributed by atoms with Crippen molar-refractivity contribution in [2.75, 3.05) is 27.2 Å². The van der Waals surface area contributed by atoms with Gasteiger partial charge in [-0.1, -0.05) is 15.9 Å². The number of rotatable bonds is 7. The number of methoxy groups -OCH3 is 1. The summed E-state index contributed by atoms with van der Waals surface area (Å²) in [5.74, 6) is 0.991. The fraction of sp³-hybridized carbons (Fsp3) is 0.500. The molecule has 0 bridgehead atoms. The van der Waals surface area contributed by atoms with E-state index in [9.17, 15) is 4.79 Å². The van der Waals surface area contributed by atoms with Crippen LogP contribution in [0.5, 0.6) is 5.75 Å². The zero-order valence-corrected chi connectivity index (χ0v) is 13.1. The van der Waals surface area contributed by atoms with Crippen molar-refractivity contribution >= 4 is 21.8 Å². The fourth-order valence-electron chi connectivity index (χ4n) is 1.80. The molecular formula is C14H21BrN2O2. The van der Waals surface area contributed by atoms with Gasteiger partial charge in [-0.05, 0) is 43.1 Å². The van der Waals surface area contributed by atoms with E-state index < -0.39 is 0 Å². The van der Waals surface area contributed by atoms with Gasteiger partial charge in [0.05, 0.1) is 7.11 Å². The maximum Gasteiger partial charge on any atom is 0.222 e. The van der Waals surface area contributed by atoms with E-state index >= 15 is 0 Å². The smallest absolute Gasteiger partial charge is 0.222 e. The Hall–Kier alpha value is -1.07. The van der Waals surface area contributed by atoms with E-state index in [1.54, 1.807) is 12.0 Å². The number of hydrogen-bond donors (Lipinski definition) is 1. The lowest BCUT2D eigenvalue weighted by Crippen LogP contribution is -2.29. The van der Waals surface area contributed by atoms with Gasteiger partial charge in [-0.3, -0.25) is 4.79 Å². The zero-order chi connectivity index (χ0) is 14.3. The maximum atomic E-state index is 11.8. The van der Waals surface area contributed by atoms with Crippen molar-refractivity contribution < 1.29 is 9.53 Å². The Balaban J connectivity index is 2.56. The van der Waals surface area contributed by atoms with E-state index in [0.717, 1.165) is 28.6 Å². The number of carbonyl (C=O) groups excluding carboxylic acids is 1. The summed E-state index contributed by atoms with van der Waals surface area (Å²) in [6.07, 6.45) is 2.03. The van der Waals surface area contributed by atoms with Crippen LogP contribution in [-0.4, -0.2) is 38.1 Å². The topological polar surface area (TPSA) is 55.6 Å². The number of nitrogens with two attached hydrogens (primary N) is 1. The molecule has 0 atom stereocenters. The second kappa shape index (κ2) is 8.17. The zero-order valence-electron chi connectivity index (χ0n) is 11.5. The Kier molecular flexibility index (Phi) is 6.87. The van der Waals surface area contributed by atoms with Crippen LogP contribution in [0, 0.1) is 0 Å². The monoisotopic (exact) mass is 328 g/mol. The van der Waals surface area contributed by atoms with Crippen LogP contribution in [0.3, 0.4) is 0 Å². The van der Waals surface area contributed by atoms with Gasteiger partial charge in [-0.2, -0.15) is 0 Å². The van der Waals surface area contributed by atoms with Gasteiger partial charge < -0.3 is 15.4 Å². The Morgan fingerprint density at radius 3 is 2.84 bits per heavy atom. The standard InChI is InChI=1S/C14H21BrN2O2/c1-17(14(18)4-3-8-16)9-7-11-10-12(15)5-6-13(11)19-2/h5-6,10H,3-4,7-9,16H2,1-2H3. The number of hydrogen-bond acceptors (Lipinski definition) is 3. The molecule has 1 aromatic carbocycles. The summed E-state index contributed by atoms with van der Waals surface area (Å²) in [5.41, 5.74) is 6.50. The molecule has 0 unspecified atom stereocenters. The molecule has 0 aliphatic heterocycles. The van der Waals surface area contributed by atoms with Gasteiger partial charge in [0.25, 0.3) is 0 Å². The Morgan fingerprint density at radius 1 is 1.47 bits per heavy atom. The van der Waals surface area contributed by atoms with Gasteiger partial charge in [0.1, 0.15) is 5.75 Å². The van der Waals surface area contributed by atoms with E-state index in [1.807, 2.05) is 25.2 Å². The average molecular weight is 329 g/mol. The SMILES string of the molecule is COc1ccc(Br)cc1CCN(C)C(=O)CCCN. The van der Waals surface area contributed by atoms with Gasteiger partial charge in [0.15, 0.2) is 0 Å². The lowest BCUT2D eigenvalue weighted by Gasteiger charge is -2.18. The molecule has 0 saturated heterocycles. The molecule has 1 amide bonds. The highest BCUT2D eigenvalue weighted by Crippen LogP contribution is 2.23. The molecule has 0 aliphatic rings. The van der Waals surface area contributed by atoms with E-state index in [4.69, 9.17) is 10.5 Å². The van der Waals surface area contributed by atoms with Gasteiger partial charge >= 0.3 is 0 Å². The highest BCUT2D eigenvalue weighted by molar-refractivity contribution is 9.10. The van der Waals surface area contributed by atoms with Gasteiger partial charge in [0, 0.05) is 24.5 Å². The van der Waals surface area contributed by atoms with Crippen molar-refractivity contribution in [1.29, 1.82) is 0 Å². The van der Waals surface area contributed by atoms with Crippen LogP contribution in [0.15, 0.2) is 22.7 Å². The number of halogens is 1. The number of amides is 1. The molecule has 0 radical (unpaired) electrons. The lowest BCUT2D eigenvalue weighted by atomic mass is 10.1. The van der Waals surface area contributed by atoms with Crippen molar-refractivity contribution in [3.8, 4) is 5.75 Å². The molecular weight excluding hydrogens is 308 g/mol. The molecule has 4 nitrogen and oxygen atoms in total. The highest BCUT2D eigenvalue weighted by atomic mass is 79.9. The number of likely N-dealkylation sites (N-methyl/N-ethyl adjacent to an activating group) is 1. The second-order valence-corrected chi connectivity index (χ2v) is 5.33. The number of benzene rings is 1. The first-order valence-corrected chi connectivity index (χ1v) is 7.14. The summed E-state index contributed by atoms with van der Waals surface area (Å²) in [4.78, 5) is 13.5. The predicted molar refractivity (Wildman–Crippen MR) is 80.3 cm³/mol. The summed E-state index contributed by atoms with van der Waals surface area (Å²) in [5, 5.41) is 0. The van der Waals surface area contributed by atoms with Crippen molar-refractivity contribution in [2.24, 2.45) is 5.73 Å². The first-order chi connectivity index (χ1) is 9.08. The molecule has 1 aromatic rings. The van der Waals surface area contributed by atoms with Crippen molar-refractivity contribution in [2.45, 2.75) is 19.3 Å². The van der Waals surface area contributed by atoms with E-state index in [-0.39, 0.29) is 5.91 Å². The molecule has 0 aromatic heterocycles. The minimum atomic E-state index is 0.138. The van der Waals surface area contributed by atoms with Gasteiger partial charge in [0.2, 0.25) is 5.91 Å². The largest absolute Gasteiger partial charge is 0.496 e. The van der Waals surface area contributed by atoms with Gasteiger partial charge in [-0.15, -0.1) is 0 Å². The number of nitrogens with zero attached hydrogens (tertiary/aromatic N) is 1. The number of ether oxygens (including phenoxy) is 1. The Bertz CT molecular complexity index is 424. The van der Waals surface area contributed by atoms with Crippen molar-refractivity contribution in [3.05, 3.63) is 28.2 Å². The molecule has 0 fully saturated rings. The quantitative estimate of drug-likeness (QED) is 0.834. The minimum absolute atomic E-state index is 0.138. The lowest BCUT2D eigenvalue weighted by molar-refractivity contribution is -0.129. The summed E-state index contributed by atoms with van der Waals surface area (Å²) >= 11 is 3.45. The number of carbonyl (C=O) groups is 1. The third-order valence-corrected chi connectivity index (χ3v) is 3.47. The predicted octanol–water partition coefficient (Wildman–Crippen LogP) is 2.20. The summed E-state index contributed by atoms with van der Waals surface area (Å²) in [6, 6.07) is 5.89. The molecule has 0 heterocycles. The van der Waals surface area contributed by atoms with Crippen LogP contribution < -0.4 is 10.5 Å². The summed E-state index contributed by atoms with van der Waals surface area (Å²) in [6.45, 7) is 1.23. The molecule has 0 spiro atoms. The maximum absolute atomic E-state index is 11.8. The first-order valence-electron chi connectivity index (χ1n) is 6.35. The molecule has 0 saturated carbocycles. The van der Waals surface area contributed by atoms with Crippen LogP contribution in [0.4, 0.5) is 0 Å². The molecule has 19 heavy (non-hydrogen) atoms. The molecule has 5 heteroatoms. The highest BCUT2D eigenvalue weighted by Gasteiger charge is 2.10. The van der Waals surface area contributed by atoms with Crippen LogP contribution in [-0.2, 0) is 11.2 Å². The van der Waals surface area contributed by atoms with E-state index in [1.165, 1.54) is 0 Å². The minimum Gasteiger partial charge on any atom is -0.496 e. The Labute approximate surface area is 123 Å². The normalized spacial score (nSPS) is 10.3. The van der Waals surface area contributed by atoms with Crippen LogP contribution in [0.2, 0.25) is 0 Å². The molecule has 2 N–H and O–H groups in total. The van der Waals surface area contributed by atoms with Crippen LogP contribution in [0.1, 0.15) is 18.4 Å². The first kappa shape index (κ1) is 16.0. The fourth-order valence-corrected chi connectivity index (χ4v) is 2.21.